The summed E-state index contributed by atoms with van der Waals surface area (Å²) in [5, 5.41) is 3.25. The summed E-state index contributed by atoms with van der Waals surface area (Å²) < 4.78 is 3.57. The summed E-state index contributed by atoms with van der Waals surface area (Å²) in [5.41, 5.74) is 0.109. The maximum atomic E-state index is 11.9. The molecule has 1 atom stereocenters. The van der Waals surface area contributed by atoms with Gasteiger partial charge in [0.15, 0.2) is 0 Å². The molecule has 4 nitrogen and oxygen atoms in total. The van der Waals surface area contributed by atoms with Gasteiger partial charge in [-0.15, -0.1) is 0 Å². The van der Waals surface area contributed by atoms with E-state index in [0.29, 0.717) is 6.04 Å². The minimum atomic E-state index is 0.109. The van der Waals surface area contributed by atoms with Gasteiger partial charge in [-0.1, -0.05) is 20.3 Å². The summed E-state index contributed by atoms with van der Waals surface area (Å²) >= 11 is 0. The Balaban J connectivity index is 2.69. The number of nitrogens with one attached hydrogen (secondary N) is 1. The first-order valence-corrected chi connectivity index (χ1v) is 6.15. The van der Waals surface area contributed by atoms with Gasteiger partial charge in [0.05, 0.1) is 0 Å². The van der Waals surface area contributed by atoms with Gasteiger partial charge in [-0.2, -0.15) is 0 Å². The van der Waals surface area contributed by atoms with Gasteiger partial charge in [-0.05, 0) is 19.9 Å². The van der Waals surface area contributed by atoms with Crippen LogP contribution in [0.2, 0.25) is 0 Å². The van der Waals surface area contributed by atoms with E-state index in [1.165, 1.54) is 0 Å². The number of hydrogen-bond acceptors (Lipinski definition) is 2. The topological polar surface area (TPSA) is 39.0 Å². The van der Waals surface area contributed by atoms with Crippen molar-refractivity contribution in [3.05, 3.63) is 22.9 Å². The first kappa shape index (κ1) is 13.0. The van der Waals surface area contributed by atoms with Crippen LogP contribution >= 0.6 is 0 Å². The molecule has 0 aromatic carbocycles. The van der Waals surface area contributed by atoms with E-state index in [-0.39, 0.29) is 5.69 Å². The van der Waals surface area contributed by atoms with Crippen molar-refractivity contribution < 1.29 is 0 Å². The summed E-state index contributed by atoms with van der Waals surface area (Å²) in [4.78, 5) is 11.9. The van der Waals surface area contributed by atoms with Gasteiger partial charge in [0.1, 0.15) is 0 Å². The maximum absolute atomic E-state index is 11.9. The molecule has 1 aromatic heterocycles. The zero-order chi connectivity index (χ0) is 12.0. The monoisotopic (exact) mass is 225 g/mol. The predicted octanol–water partition coefficient (Wildman–Crippen LogP) is 1.45. The molecule has 1 rings (SSSR count). The molecule has 0 amide bonds. The van der Waals surface area contributed by atoms with Crippen molar-refractivity contribution >= 4 is 0 Å². The van der Waals surface area contributed by atoms with Gasteiger partial charge in [-0.3, -0.25) is 9.13 Å². The minimum Gasteiger partial charge on any atom is -0.315 e. The van der Waals surface area contributed by atoms with E-state index < -0.39 is 0 Å². The zero-order valence-corrected chi connectivity index (χ0v) is 10.6. The highest BCUT2D eigenvalue weighted by molar-refractivity contribution is 4.83. The summed E-state index contributed by atoms with van der Waals surface area (Å²) in [6, 6.07) is 0.389. The second kappa shape index (κ2) is 6.53. The number of aromatic nitrogens is 2. The molecule has 0 aliphatic carbocycles. The number of hydrogen-bond donors (Lipinski definition) is 1. The lowest BCUT2D eigenvalue weighted by molar-refractivity contribution is 0.438. The molecule has 1 N–H and O–H groups in total. The molecule has 0 aliphatic rings. The SMILES string of the molecule is CCCC(Cn1ccn(CCC)c1=O)NC. The largest absolute Gasteiger partial charge is 0.328 e. The lowest BCUT2D eigenvalue weighted by atomic mass is 10.2. The van der Waals surface area contributed by atoms with Crippen LogP contribution in [0.4, 0.5) is 0 Å². The van der Waals surface area contributed by atoms with Crippen LogP contribution in [0.1, 0.15) is 33.1 Å². The molecule has 1 unspecified atom stereocenters. The highest BCUT2D eigenvalue weighted by Gasteiger charge is 2.08. The van der Waals surface area contributed by atoms with E-state index in [1.54, 1.807) is 9.13 Å². The molecule has 0 bridgehead atoms. The third kappa shape index (κ3) is 3.23. The van der Waals surface area contributed by atoms with Crippen molar-refractivity contribution in [2.24, 2.45) is 0 Å². The smallest absolute Gasteiger partial charge is 0.315 e. The van der Waals surface area contributed by atoms with E-state index >= 15 is 0 Å². The molecule has 1 heterocycles. The van der Waals surface area contributed by atoms with Crippen molar-refractivity contribution in [3.63, 3.8) is 0 Å². The standard InChI is InChI=1S/C12H23N3O/c1-4-6-11(13-3)10-15-9-8-14(7-5-2)12(15)16/h8-9,11,13H,4-7,10H2,1-3H3. The lowest BCUT2D eigenvalue weighted by Gasteiger charge is -2.14. The maximum Gasteiger partial charge on any atom is 0.328 e. The summed E-state index contributed by atoms with van der Waals surface area (Å²) in [6.07, 6.45) is 6.99. The van der Waals surface area contributed by atoms with Gasteiger partial charge < -0.3 is 5.32 Å². The van der Waals surface area contributed by atoms with Crippen molar-refractivity contribution in [2.75, 3.05) is 7.05 Å². The second-order valence-corrected chi connectivity index (χ2v) is 4.20. The van der Waals surface area contributed by atoms with Crippen LogP contribution in [-0.2, 0) is 13.1 Å². The van der Waals surface area contributed by atoms with Crippen molar-refractivity contribution in [2.45, 2.75) is 52.2 Å². The first-order valence-electron chi connectivity index (χ1n) is 6.15. The van der Waals surface area contributed by atoms with Gasteiger partial charge in [0.2, 0.25) is 0 Å². The third-order valence-corrected chi connectivity index (χ3v) is 2.84. The Morgan fingerprint density at radius 1 is 1.25 bits per heavy atom. The predicted molar refractivity (Wildman–Crippen MR) is 66.7 cm³/mol. The summed E-state index contributed by atoms with van der Waals surface area (Å²) in [6.45, 7) is 5.82. The molecular formula is C12H23N3O. The molecule has 4 heteroatoms. The molecule has 0 saturated heterocycles. The average Bonchev–Trinajstić information content (AvgIpc) is 2.61. The van der Waals surface area contributed by atoms with Gasteiger partial charge in [0, 0.05) is 31.5 Å². The van der Waals surface area contributed by atoms with Crippen LogP contribution in [0, 0.1) is 0 Å². The fourth-order valence-electron chi connectivity index (χ4n) is 1.92. The zero-order valence-electron chi connectivity index (χ0n) is 10.6. The number of nitrogens with zero attached hydrogens (tertiary/aromatic N) is 2. The fraction of sp³-hybridized carbons (Fsp3) is 0.750. The number of imidazole rings is 1. The van der Waals surface area contributed by atoms with Crippen LogP contribution in [-0.4, -0.2) is 22.2 Å². The Hall–Kier alpha value is -1.03. The third-order valence-electron chi connectivity index (χ3n) is 2.84. The Morgan fingerprint density at radius 2 is 1.94 bits per heavy atom. The van der Waals surface area contributed by atoms with Crippen LogP contribution < -0.4 is 11.0 Å². The van der Waals surface area contributed by atoms with Gasteiger partial charge in [0.25, 0.3) is 0 Å². The Morgan fingerprint density at radius 3 is 2.50 bits per heavy atom. The van der Waals surface area contributed by atoms with E-state index in [1.807, 2.05) is 19.4 Å². The van der Waals surface area contributed by atoms with Crippen LogP contribution in [0.15, 0.2) is 17.2 Å². The fourth-order valence-corrected chi connectivity index (χ4v) is 1.92. The van der Waals surface area contributed by atoms with Crippen molar-refractivity contribution in [1.29, 1.82) is 0 Å². The van der Waals surface area contributed by atoms with Gasteiger partial charge in [-0.25, -0.2) is 4.79 Å². The number of rotatable bonds is 7. The van der Waals surface area contributed by atoms with Crippen molar-refractivity contribution in [3.8, 4) is 0 Å². The Bertz CT molecular complexity index is 353. The van der Waals surface area contributed by atoms with E-state index in [4.69, 9.17) is 0 Å². The normalized spacial score (nSPS) is 12.9. The Labute approximate surface area is 97.3 Å². The van der Waals surface area contributed by atoms with E-state index in [0.717, 1.165) is 32.4 Å². The highest BCUT2D eigenvalue weighted by atomic mass is 16.1. The minimum absolute atomic E-state index is 0.109. The lowest BCUT2D eigenvalue weighted by Crippen LogP contribution is -2.34. The molecule has 1 aromatic rings. The molecule has 0 fully saturated rings. The summed E-state index contributed by atoms with van der Waals surface area (Å²) in [7, 11) is 1.95. The van der Waals surface area contributed by atoms with Crippen LogP contribution in [0.5, 0.6) is 0 Å². The number of likely N-dealkylation sites (N-methyl/N-ethyl adjacent to an activating group) is 1. The number of aryl methyl sites for hydroxylation is 1. The van der Waals surface area contributed by atoms with Crippen LogP contribution in [0.3, 0.4) is 0 Å². The summed E-state index contributed by atoms with van der Waals surface area (Å²) in [5.74, 6) is 0. The molecule has 92 valence electrons. The van der Waals surface area contributed by atoms with Gasteiger partial charge >= 0.3 is 5.69 Å². The molecule has 0 saturated carbocycles. The molecule has 0 spiro atoms. The molecule has 0 aliphatic heterocycles. The molecular weight excluding hydrogens is 202 g/mol. The average molecular weight is 225 g/mol. The molecule has 0 radical (unpaired) electrons. The molecule has 16 heavy (non-hydrogen) atoms. The van der Waals surface area contributed by atoms with E-state index in [2.05, 4.69) is 19.2 Å². The second-order valence-electron chi connectivity index (χ2n) is 4.20. The highest BCUT2D eigenvalue weighted by Crippen LogP contribution is 1.99. The first-order chi connectivity index (χ1) is 7.72. The van der Waals surface area contributed by atoms with Crippen LogP contribution in [0.25, 0.3) is 0 Å². The van der Waals surface area contributed by atoms with Crippen molar-refractivity contribution in [1.82, 2.24) is 14.5 Å². The quantitative estimate of drug-likeness (QED) is 0.763. The van der Waals surface area contributed by atoms with E-state index in [9.17, 15) is 4.79 Å². The Kier molecular flexibility index (Phi) is 5.32.